The maximum atomic E-state index is 13.1. The number of ether oxygens (including phenoxy) is 1. The molecule has 0 N–H and O–H groups in total. The van der Waals surface area contributed by atoms with Gasteiger partial charge in [0.05, 0.1) is 12.0 Å². The minimum Gasteiger partial charge on any atom is -0.377 e. The molecule has 0 aromatic carbocycles. The molecule has 2 atom stereocenters. The van der Waals surface area contributed by atoms with Crippen molar-refractivity contribution < 1.29 is 9.53 Å². The molecule has 0 bridgehead atoms. The lowest BCUT2D eigenvalue weighted by atomic mass is 9.85. The summed E-state index contributed by atoms with van der Waals surface area (Å²) in [6, 6.07) is 0.621. The maximum absolute atomic E-state index is 13.1. The Hall–Kier alpha value is -1.43. The lowest BCUT2D eigenvalue weighted by Gasteiger charge is -2.39. The number of hydrogen-bond acceptors (Lipinski definition) is 4. The van der Waals surface area contributed by atoms with Crippen molar-refractivity contribution in [2.75, 3.05) is 19.7 Å². The third kappa shape index (κ3) is 3.46. The summed E-state index contributed by atoms with van der Waals surface area (Å²) in [6.07, 6.45) is 8.43. The number of carbonyl (C=O) groups excluding carboxylic acids is 1. The Labute approximate surface area is 149 Å². The van der Waals surface area contributed by atoms with Crippen molar-refractivity contribution in [1.29, 1.82) is 0 Å². The number of likely N-dealkylation sites (tertiary alicyclic amines) is 1. The van der Waals surface area contributed by atoms with Gasteiger partial charge in [0.15, 0.2) is 0 Å². The van der Waals surface area contributed by atoms with Gasteiger partial charge in [-0.15, -0.1) is 10.2 Å². The zero-order valence-electron chi connectivity index (χ0n) is 15.4. The fourth-order valence-corrected chi connectivity index (χ4v) is 4.49. The van der Waals surface area contributed by atoms with Gasteiger partial charge in [0.1, 0.15) is 12.2 Å². The van der Waals surface area contributed by atoms with Crippen molar-refractivity contribution in [3.05, 3.63) is 12.2 Å². The quantitative estimate of drug-likeness (QED) is 0.841. The average Bonchev–Trinajstić information content (AvgIpc) is 3.38. The summed E-state index contributed by atoms with van der Waals surface area (Å²) in [6.45, 7) is 6.79. The molecular weight excluding hydrogens is 316 g/mol. The van der Waals surface area contributed by atoms with Crippen LogP contribution in [0.3, 0.4) is 0 Å². The SMILES string of the molecule is CC(C)[C@H]1OCCC[C@@H]1C(=O)N1CCC(c2nncn2C2CC2)CC1. The van der Waals surface area contributed by atoms with Crippen LogP contribution >= 0.6 is 0 Å². The summed E-state index contributed by atoms with van der Waals surface area (Å²) in [5.74, 6) is 2.32. The van der Waals surface area contributed by atoms with E-state index in [4.69, 9.17) is 4.74 Å². The second-order valence-electron chi connectivity index (χ2n) is 8.26. The minimum absolute atomic E-state index is 0.0421. The molecule has 25 heavy (non-hydrogen) atoms. The van der Waals surface area contributed by atoms with Crippen molar-refractivity contribution in [2.24, 2.45) is 11.8 Å². The van der Waals surface area contributed by atoms with Crippen molar-refractivity contribution in [3.63, 3.8) is 0 Å². The molecule has 3 aliphatic rings. The molecule has 0 radical (unpaired) electrons. The highest BCUT2D eigenvalue weighted by Gasteiger charge is 2.38. The fourth-order valence-electron chi connectivity index (χ4n) is 4.49. The lowest BCUT2D eigenvalue weighted by molar-refractivity contribution is -0.148. The number of aromatic nitrogens is 3. The molecular formula is C19H30N4O2. The van der Waals surface area contributed by atoms with E-state index >= 15 is 0 Å². The molecule has 1 aromatic heterocycles. The summed E-state index contributed by atoms with van der Waals surface area (Å²) in [7, 11) is 0. The number of hydrogen-bond donors (Lipinski definition) is 0. The molecule has 0 unspecified atom stereocenters. The largest absolute Gasteiger partial charge is 0.377 e. The minimum atomic E-state index is 0.0421. The van der Waals surface area contributed by atoms with Gasteiger partial charge >= 0.3 is 0 Å². The van der Waals surface area contributed by atoms with Gasteiger partial charge in [-0.05, 0) is 44.4 Å². The van der Waals surface area contributed by atoms with E-state index in [1.807, 2.05) is 6.33 Å². The Balaban J connectivity index is 1.37. The predicted molar refractivity (Wildman–Crippen MR) is 94.2 cm³/mol. The van der Waals surface area contributed by atoms with Gasteiger partial charge in [0.2, 0.25) is 5.91 Å². The molecule has 0 spiro atoms. The van der Waals surface area contributed by atoms with Crippen LogP contribution in [0.15, 0.2) is 6.33 Å². The van der Waals surface area contributed by atoms with Gasteiger partial charge in [-0.2, -0.15) is 0 Å². The van der Waals surface area contributed by atoms with Crippen LogP contribution in [-0.4, -0.2) is 51.4 Å². The topological polar surface area (TPSA) is 60.2 Å². The molecule has 3 heterocycles. The molecule has 1 saturated carbocycles. The van der Waals surface area contributed by atoms with Crippen LogP contribution in [0.1, 0.15) is 70.2 Å². The lowest BCUT2D eigenvalue weighted by Crippen LogP contribution is -2.48. The molecule has 138 valence electrons. The molecule has 3 fully saturated rings. The average molecular weight is 346 g/mol. The van der Waals surface area contributed by atoms with E-state index in [0.29, 0.717) is 23.8 Å². The normalized spacial score (nSPS) is 28.5. The molecule has 6 nitrogen and oxygen atoms in total. The van der Waals surface area contributed by atoms with Gasteiger partial charge in [-0.1, -0.05) is 13.8 Å². The van der Waals surface area contributed by atoms with Crippen LogP contribution in [0, 0.1) is 11.8 Å². The monoisotopic (exact) mass is 346 g/mol. The third-order valence-electron chi connectivity index (χ3n) is 6.05. The van der Waals surface area contributed by atoms with Crippen LogP contribution in [0.4, 0.5) is 0 Å². The van der Waals surface area contributed by atoms with Crippen molar-refractivity contribution in [3.8, 4) is 0 Å². The van der Waals surface area contributed by atoms with Crippen LogP contribution < -0.4 is 0 Å². The zero-order chi connectivity index (χ0) is 17.4. The second-order valence-corrected chi connectivity index (χ2v) is 8.26. The van der Waals surface area contributed by atoms with Crippen molar-refractivity contribution >= 4 is 5.91 Å². The molecule has 2 saturated heterocycles. The van der Waals surface area contributed by atoms with E-state index < -0.39 is 0 Å². The second kappa shape index (κ2) is 7.06. The Kier molecular flexibility index (Phi) is 4.80. The van der Waals surface area contributed by atoms with E-state index in [1.165, 1.54) is 12.8 Å². The first-order valence-corrected chi connectivity index (χ1v) is 9.95. The van der Waals surface area contributed by atoms with Gasteiger partial charge in [0.25, 0.3) is 0 Å². The number of piperidine rings is 1. The molecule has 1 aromatic rings. The first-order chi connectivity index (χ1) is 12.1. The van der Waals surface area contributed by atoms with Gasteiger partial charge < -0.3 is 14.2 Å². The smallest absolute Gasteiger partial charge is 0.228 e. The predicted octanol–water partition coefficient (Wildman–Crippen LogP) is 2.77. The number of rotatable bonds is 4. The van der Waals surface area contributed by atoms with E-state index in [9.17, 15) is 4.79 Å². The summed E-state index contributed by atoms with van der Waals surface area (Å²) >= 11 is 0. The Morgan fingerprint density at radius 1 is 1.20 bits per heavy atom. The van der Waals surface area contributed by atoms with Crippen LogP contribution in [0.2, 0.25) is 0 Å². The van der Waals surface area contributed by atoms with E-state index in [0.717, 1.165) is 51.2 Å². The first-order valence-electron chi connectivity index (χ1n) is 9.95. The van der Waals surface area contributed by atoms with Crippen LogP contribution in [-0.2, 0) is 9.53 Å². The zero-order valence-corrected chi connectivity index (χ0v) is 15.4. The third-order valence-corrected chi connectivity index (χ3v) is 6.05. The number of nitrogens with zero attached hydrogens (tertiary/aromatic N) is 4. The highest BCUT2D eigenvalue weighted by Crippen LogP contribution is 2.38. The van der Waals surface area contributed by atoms with Crippen molar-refractivity contribution in [2.45, 2.75) is 70.4 Å². The standard InChI is InChI=1S/C19H30N4O2/c1-13(2)17-16(4-3-11-25-17)19(24)22-9-7-14(8-10-22)18-21-20-12-23(18)15-5-6-15/h12-17H,3-11H2,1-2H3/t16-,17+/m0/s1. The summed E-state index contributed by atoms with van der Waals surface area (Å²) in [5, 5.41) is 8.52. The van der Waals surface area contributed by atoms with Crippen LogP contribution in [0.5, 0.6) is 0 Å². The summed E-state index contributed by atoms with van der Waals surface area (Å²) < 4.78 is 8.19. The van der Waals surface area contributed by atoms with Gasteiger partial charge in [-0.25, -0.2) is 0 Å². The van der Waals surface area contributed by atoms with Crippen LogP contribution in [0.25, 0.3) is 0 Å². The number of amides is 1. The Morgan fingerprint density at radius 3 is 2.64 bits per heavy atom. The highest BCUT2D eigenvalue weighted by molar-refractivity contribution is 5.79. The summed E-state index contributed by atoms with van der Waals surface area (Å²) in [4.78, 5) is 15.1. The van der Waals surface area contributed by atoms with E-state index in [2.05, 4.69) is 33.5 Å². The Morgan fingerprint density at radius 2 is 1.96 bits per heavy atom. The fraction of sp³-hybridized carbons (Fsp3) is 0.842. The Bertz CT molecular complexity index is 602. The molecule has 4 rings (SSSR count). The van der Waals surface area contributed by atoms with E-state index in [1.54, 1.807) is 0 Å². The molecule has 1 amide bonds. The highest BCUT2D eigenvalue weighted by atomic mass is 16.5. The molecule has 6 heteroatoms. The van der Waals surface area contributed by atoms with E-state index in [-0.39, 0.29) is 12.0 Å². The van der Waals surface area contributed by atoms with Gasteiger partial charge in [-0.3, -0.25) is 4.79 Å². The number of carbonyl (C=O) groups is 1. The van der Waals surface area contributed by atoms with Crippen molar-refractivity contribution in [1.82, 2.24) is 19.7 Å². The van der Waals surface area contributed by atoms with Gasteiger partial charge in [0, 0.05) is 31.7 Å². The first kappa shape index (κ1) is 17.0. The summed E-state index contributed by atoms with van der Waals surface area (Å²) in [5.41, 5.74) is 0. The molecule has 1 aliphatic carbocycles. The maximum Gasteiger partial charge on any atom is 0.228 e. The molecule has 2 aliphatic heterocycles.